The molecule has 0 spiro atoms. The van der Waals surface area contributed by atoms with E-state index in [0.717, 1.165) is 5.56 Å². The summed E-state index contributed by atoms with van der Waals surface area (Å²) in [5, 5.41) is 11.7. The molecule has 1 aromatic rings. The van der Waals surface area contributed by atoms with Crippen molar-refractivity contribution in [1.82, 2.24) is 0 Å². The zero-order valence-corrected chi connectivity index (χ0v) is 12.0. The molecule has 0 aliphatic rings. The first-order chi connectivity index (χ1) is 8.96. The Hall–Kier alpha value is -1.56. The van der Waals surface area contributed by atoms with E-state index < -0.39 is 9.84 Å². The molecule has 0 aliphatic heterocycles. The highest BCUT2D eigenvalue weighted by Crippen LogP contribution is 2.13. The zero-order valence-electron chi connectivity index (χ0n) is 11.2. The Bertz CT molecular complexity index is 520. The molecule has 1 rings (SSSR count). The molecule has 0 aromatic heterocycles. The molecule has 0 saturated carbocycles. The Balaban J connectivity index is 2.49. The van der Waals surface area contributed by atoms with Gasteiger partial charge in [-0.3, -0.25) is 0 Å². The molecule has 19 heavy (non-hydrogen) atoms. The first kappa shape index (κ1) is 15.5. The Morgan fingerprint density at radius 1 is 1.32 bits per heavy atom. The number of nitrogens with zero attached hydrogens (tertiary/aromatic N) is 1. The molecule has 0 amide bonds. The molecule has 1 aromatic carbocycles. The summed E-state index contributed by atoms with van der Waals surface area (Å²) >= 11 is 0. The van der Waals surface area contributed by atoms with Crippen molar-refractivity contribution >= 4 is 15.5 Å². The van der Waals surface area contributed by atoms with Gasteiger partial charge in [0.05, 0.1) is 11.5 Å². The molecule has 1 N–H and O–H groups in total. The molecule has 0 radical (unpaired) electrons. The van der Waals surface area contributed by atoms with Gasteiger partial charge in [-0.15, -0.1) is 0 Å². The van der Waals surface area contributed by atoms with Crippen LogP contribution >= 0.6 is 0 Å². The summed E-state index contributed by atoms with van der Waals surface area (Å²) in [5.41, 5.74) is 1.63. The van der Waals surface area contributed by atoms with E-state index in [4.69, 9.17) is 9.94 Å². The average molecular weight is 285 g/mol. The maximum Gasteiger partial charge on any atom is 0.153 e. The van der Waals surface area contributed by atoms with Gasteiger partial charge in [0, 0.05) is 12.2 Å². The van der Waals surface area contributed by atoms with Crippen molar-refractivity contribution in [2.45, 2.75) is 20.3 Å². The minimum Gasteiger partial charge on any atom is -0.493 e. The fourth-order valence-corrected chi connectivity index (χ4v) is 2.09. The third kappa shape index (κ3) is 5.74. The van der Waals surface area contributed by atoms with Gasteiger partial charge in [0.2, 0.25) is 0 Å². The molecule has 0 fully saturated rings. The second kappa shape index (κ2) is 7.13. The van der Waals surface area contributed by atoms with Gasteiger partial charge in [-0.05, 0) is 24.6 Å². The van der Waals surface area contributed by atoms with Gasteiger partial charge in [0.25, 0.3) is 0 Å². The maximum atomic E-state index is 11.3. The first-order valence-corrected chi connectivity index (χ1v) is 7.88. The van der Waals surface area contributed by atoms with Crippen molar-refractivity contribution in [1.29, 1.82) is 0 Å². The van der Waals surface area contributed by atoms with Crippen LogP contribution in [0.3, 0.4) is 0 Å². The molecule has 0 unspecified atom stereocenters. The number of rotatable bonds is 7. The van der Waals surface area contributed by atoms with Crippen LogP contribution < -0.4 is 4.74 Å². The summed E-state index contributed by atoms with van der Waals surface area (Å²) in [6.45, 7) is 3.52. The molecule has 0 aliphatic carbocycles. The van der Waals surface area contributed by atoms with Gasteiger partial charge in [-0.2, -0.15) is 0 Å². The minimum absolute atomic E-state index is 0.0293. The van der Waals surface area contributed by atoms with E-state index in [1.165, 1.54) is 0 Å². The predicted molar refractivity (Wildman–Crippen MR) is 74.9 cm³/mol. The van der Waals surface area contributed by atoms with Crippen molar-refractivity contribution in [3.63, 3.8) is 0 Å². The van der Waals surface area contributed by atoms with Gasteiger partial charge < -0.3 is 9.94 Å². The summed E-state index contributed by atoms with van der Waals surface area (Å²) < 4.78 is 27.9. The second-order valence-electron chi connectivity index (χ2n) is 4.24. The van der Waals surface area contributed by atoms with Crippen LogP contribution in [0.2, 0.25) is 0 Å². The molecule has 5 nitrogen and oxygen atoms in total. The lowest BCUT2D eigenvalue weighted by molar-refractivity contribution is 0.317. The van der Waals surface area contributed by atoms with Crippen LogP contribution in [0.4, 0.5) is 0 Å². The largest absolute Gasteiger partial charge is 0.493 e. The van der Waals surface area contributed by atoms with Gasteiger partial charge >= 0.3 is 0 Å². The third-order valence-electron chi connectivity index (χ3n) is 2.66. The highest BCUT2D eigenvalue weighted by Gasteiger charge is 2.07. The maximum absolute atomic E-state index is 11.3. The SMILES string of the molecule is CCS(=O)(=O)CCOc1ccc(C/C(C)=N/O)cc1. The molecule has 0 saturated heterocycles. The monoisotopic (exact) mass is 285 g/mol. The third-order valence-corrected chi connectivity index (χ3v) is 4.33. The van der Waals surface area contributed by atoms with E-state index in [1.54, 1.807) is 26.0 Å². The van der Waals surface area contributed by atoms with Crippen molar-refractivity contribution in [2.24, 2.45) is 5.16 Å². The van der Waals surface area contributed by atoms with Crippen molar-refractivity contribution in [3.8, 4) is 5.75 Å². The van der Waals surface area contributed by atoms with Crippen LogP contribution in [0.15, 0.2) is 29.4 Å². The van der Waals surface area contributed by atoms with E-state index in [1.807, 2.05) is 12.1 Å². The van der Waals surface area contributed by atoms with Crippen LogP contribution in [0.1, 0.15) is 19.4 Å². The average Bonchev–Trinajstić information content (AvgIpc) is 2.40. The lowest BCUT2D eigenvalue weighted by Gasteiger charge is -2.07. The van der Waals surface area contributed by atoms with Gasteiger partial charge in [-0.1, -0.05) is 24.2 Å². The standard InChI is InChI=1S/C13H19NO4S/c1-3-19(16,17)9-8-18-13-6-4-12(5-7-13)10-11(2)14-15/h4-7,15H,3,8-10H2,1-2H3/b14-11+. The highest BCUT2D eigenvalue weighted by molar-refractivity contribution is 7.91. The van der Waals surface area contributed by atoms with E-state index in [-0.39, 0.29) is 18.1 Å². The van der Waals surface area contributed by atoms with E-state index in [9.17, 15) is 8.42 Å². The zero-order chi connectivity index (χ0) is 14.3. The lowest BCUT2D eigenvalue weighted by atomic mass is 10.1. The number of sulfone groups is 1. The van der Waals surface area contributed by atoms with Gasteiger partial charge in [0.15, 0.2) is 9.84 Å². The normalized spacial score (nSPS) is 12.4. The van der Waals surface area contributed by atoms with Crippen LogP contribution in [0.25, 0.3) is 0 Å². The topological polar surface area (TPSA) is 76.0 Å². The molecule has 6 heteroatoms. The lowest BCUT2D eigenvalue weighted by Crippen LogP contribution is -2.15. The molecular formula is C13H19NO4S. The molecule has 106 valence electrons. The quantitative estimate of drug-likeness (QED) is 0.471. The van der Waals surface area contributed by atoms with Gasteiger partial charge in [-0.25, -0.2) is 8.42 Å². The number of hydrogen-bond acceptors (Lipinski definition) is 5. The second-order valence-corrected chi connectivity index (χ2v) is 6.71. The van der Waals surface area contributed by atoms with Crippen LogP contribution in [0, 0.1) is 0 Å². The van der Waals surface area contributed by atoms with Crippen molar-refractivity contribution in [2.75, 3.05) is 18.1 Å². The smallest absolute Gasteiger partial charge is 0.153 e. The molecule has 0 bridgehead atoms. The molecule has 0 heterocycles. The van der Waals surface area contributed by atoms with Crippen LogP contribution in [-0.4, -0.2) is 37.4 Å². The van der Waals surface area contributed by atoms with Crippen LogP contribution in [-0.2, 0) is 16.3 Å². The minimum atomic E-state index is -2.99. The summed E-state index contributed by atoms with van der Waals surface area (Å²) in [7, 11) is -2.99. The number of benzene rings is 1. The Morgan fingerprint density at radius 3 is 2.47 bits per heavy atom. The Morgan fingerprint density at radius 2 is 1.95 bits per heavy atom. The number of oxime groups is 1. The van der Waals surface area contributed by atoms with Crippen molar-refractivity contribution < 1.29 is 18.4 Å². The molecular weight excluding hydrogens is 266 g/mol. The fraction of sp³-hybridized carbons (Fsp3) is 0.462. The predicted octanol–water partition coefficient (Wildman–Crippen LogP) is 1.89. The first-order valence-electron chi connectivity index (χ1n) is 6.06. The fourth-order valence-electron chi connectivity index (χ4n) is 1.47. The summed E-state index contributed by atoms with van der Waals surface area (Å²) in [5.74, 6) is 0.796. The van der Waals surface area contributed by atoms with E-state index in [2.05, 4.69) is 5.16 Å². The Labute approximate surface area is 113 Å². The molecule has 0 atom stereocenters. The van der Waals surface area contributed by atoms with E-state index in [0.29, 0.717) is 17.9 Å². The van der Waals surface area contributed by atoms with Crippen LogP contribution in [0.5, 0.6) is 5.75 Å². The summed E-state index contributed by atoms with van der Waals surface area (Å²) in [4.78, 5) is 0. The highest BCUT2D eigenvalue weighted by atomic mass is 32.2. The number of ether oxygens (including phenoxy) is 1. The summed E-state index contributed by atoms with van der Waals surface area (Å²) in [6, 6.07) is 7.27. The van der Waals surface area contributed by atoms with E-state index >= 15 is 0 Å². The van der Waals surface area contributed by atoms with Gasteiger partial charge in [0.1, 0.15) is 12.4 Å². The van der Waals surface area contributed by atoms with Crippen molar-refractivity contribution in [3.05, 3.63) is 29.8 Å². The number of hydrogen-bond donors (Lipinski definition) is 1. The summed E-state index contributed by atoms with van der Waals surface area (Å²) in [6.07, 6.45) is 0.570. The Kier molecular flexibility index (Phi) is 5.82.